The van der Waals surface area contributed by atoms with Crippen LogP contribution in [0.2, 0.25) is 5.02 Å². The van der Waals surface area contributed by atoms with Crippen molar-refractivity contribution in [2.75, 3.05) is 18.5 Å². The summed E-state index contributed by atoms with van der Waals surface area (Å²) in [6.45, 7) is 3.32. The van der Waals surface area contributed by atoms with Gasteiger partial charge in [-0.3, -0.25) is 0 Å². The molecule has 1 aliphatic carbocycles. The van der Waals surface area contributed by atoms with E-state index in [4.69, 9.17) is 29.6 Å². The van der Waals surface area contributed by atoms with Crippen LogP contribution >= 0.6 is 23.8 Å². The zero-order valence-corrected chi connectivity index (χ0v) is 11.7. The maximum Gasteiger partial charge on any atom is 0.106 e. The fraction of sp³-hybridized carbons (Fsp3) is 0.462. The molecule has 0 amide bonds. The van der Waals surface area contributed by atoms with E-state index in [0.29, 0.717) is 4.99 Å². The van der Waals surface area contributed by atoms with Gasteiger partial charge in [0.05, 0.1) is 0 Å². The number of anilines is 1. The van der Waals surface area contributed by atoms with Crippen LogP contribution in [0.5, 0.6) is 0 Å². The van der Waals surface area contributed by atoms with Gasteiger partial charge in [-0.2, -0.15) is 0 Å². The highest BCUT2D eigenvalue weighted by Gasteiger charge is 2.33. The second-order valence-electron chi connectivity index (χ2n) is 4.88. The lowest BCUT2D eigenvalue weighted by atomic mass is 10.1. The van der Waals surface area contributed by atoms with Gasteiger partial charge in [-0.05, 0) is 36.5 Å². The summed E-state index contributed by atoms with van der Waals surface area (Å²) in [4.78, 5) is 2.63. The lowest BCUT2D eigenvalue weighted by Gasteiger charge is -2.22. The third-order valence-electron chi connectivity index (χ3n) is 3.42. The zero-order chi connectivity index (χ0) is 12.6. The molecule has 0 spiro atoms. The lowest BCUT2D eigenvalue weighted by Crippen LogP contribution is -2.24. The molecule has 1 aromatic carbocycles. The first-order chi connectivity index (χ1) is 7.99. The first-order valence-corrected chi connectivity index (χ1v) is 6.58. The molecule has 2 nitrogen and oxygen atoms in total. The van der Waals surface area contributed by atoms with Gasteiger partial charge < -0.3 is 10.6 Å². The van der Waals surface area contributed by atoms with Gasteiger partial charge in [-0.25, -0.2) is 0 Å². The number of nitrogens with two attached hydrogens (primary N) is 1. The minimum absolute atomic E-state index is 0.423. The molecule has 0 radical (unpaired) electrons. The highest BCUT2D eigenvalue weighted by atomic mass is 35.5. The minimum atomic E-state index is 0.423. The molecule has 2 N–H and O–H groups in total. The Balaban J connectivity index is 2.22. The molecule has 0 heterocycles. The van der Waals surface area contributed by atoms with Gasteiger partial charge in [0, 0.05) is 29.9 Å². The summed E-state index contributed by atoms with van der Waals surface area (Å²) in [7, 11) is 2.07. The van der Waals surface area contributed by atoms with Crippen LogP contribution in [0.4, 0.5) is 5.69 Å². The van der Waals surface area contributed by atoms with E-state index in [9.17, 15) is 0 Å². The second kappa shape index (κ2) is 4.83. The van der Waals surface area contributed by atoms with Crippen LogP contribution < -0.4 is 10.6 Å². The Bertz CT molecular complexity index is 447. The van der Waals surface area contributed by atoms with E-state index in [1.807, 2.05) is 18.2 Å². The largest absolute Gasteiger partial charge is 0.389 e. The number of benzene rings is 1. The quantitative estimate of drug-likeness (QED) is 0.851. The number of thiocarbonyl (C=S) groups is 1. The van der Waals surface area contributed by atoms with Gasteiger partial charge in [0.1, 0.15) is 4.99 Å². The van der Waals surface area contributed by atoms with Crippen LogP contribution in [0.3, 0.4) is 0 Å². The molecule has 2 atom stereocenters. The molecule has 2 unspecified atom stereocenters. The van der Waals surface area contributed by atoms with Crippen molar-refractivity contribution in [1.29, 1.82) is 0 Å². The van der Waals surface area contributed by atoms with E-state index < -0.39 is 0 Å². The van der Waals surface area contributed by atoms with Crippen molar-refractivity contribution in [3.63, 3.8) is 0 Å². The summed E-state index contributed by atoms with van der Waals surface area (Å²) in [6, 6.07) is 5.66. The fourth-order valence-corrected chi connectivity index (χ4v) is 2.47. The predicted octanol–water partition coefficient (Wildman–Crippen LogP) is 3.07. The summed E-state index contributed by atoms with van der Waals surface area (Å²) in [5, 5.41) is 0.718. The van der Waals surface area contributed by atoms with Crippen LogP contribution in [0.15, 0.2) is 18.2 Å². The van der Waals surface area contributed by atoms with Crippen LogP contribution in [0.25, 0.3) is 0 Å². The summed E-state index contributed by atoms with van der Waals surface area (Å²) >= 11 is 11.1. The SMILES string of the molecule is CC1CC1CN(C)c1cc(Cl)ccc1C(N)=S. The van der Waals surface area contributed by atoms with E-state index in [-0.39, 0.29) is 0 Å². The van der Waals surface area contributed by atoms with Crippen molar-refractivity contribution in [1.82, 2.24) is 0 Å². The van der Waals surface area contributed by atoms with Gasteiger partial charge in [-0.15, -0.1) is 0 Å². The van der Waals surface area contributed by atoms with Crippen molar-refractivity contribution in [3.8, 4) is 0 Å². The molecular formula is C13H17ClN2S. The van der Waals surface area contributed by atoms with Crippen LogP contribution in [0.1, 0.15) is 18.9 Å². The van der Waals surface area contributed by atoms with Crippen molar-refractivity contribution in [3.05, 3.63) is 28.8 Å². The number of hydrogen-bond acceptors (Lipinski definition) is 2. The van der Waals surface area contributed by atoms with Gasteiger partial charge in [0.2, 0.25) is 0 Å². The Morgan fingerprint density at radius 3 is 2.76 bits per heavy atom. The Hall–Kier alpha value is -0.800. The highest BCUT2D eigenvalue weighted by Crippen LogP contribution is 2.39. The van der Waals surface area contributed by atoms with E-state index in [2.05, 4.69) is 18.9 Å². The number of nitrogens with zero attached hydrogens (tertiary/aromatic N) is 1. The van der Waals surface area contributed by atoms with Gasteiger partial charge >= 0.3 is 0 Å². The molecule has 1 aromatic rings. The number of rotatable bonds is 4. The molecule has 0 bridgehead atoms. The third-order valence-corrected chi connectivity index (χ3v) is 3.88. The number of hydrogen-bond donors (Lipinski definition) is 1. The average molecular weight is 269 g/mol. The Morgan fingerprint density at radius 1 is 1.59 bits per heavy atom. The molecule has 92 valence electrons. The van der Waals surface area contributed by atoms with E-state index >= 15 is 0 Å². The Labute approximate surface area is 113 Å². The van der Waals surface area contributed by atoms with Crippen molar-refractivity contribution in [2.24, 2.45) is 17.6 Å². The molecule has 1 aliphatic rings. The predicted molar refractivity (Wildman–Crippen MR) is 77.9 cm³/mol. The topological polar surface area (TPSA) is 29.3 Å². The normalized spacial score (nSPS) is 22.3. The van der Waals surface area contributed by atoms with Gasteiger partial charge in [0.25, 0.3) is 0 Å². The maximum absolute atomic E-state index is 6.04. The molecular weight excluding hydrogens is 252 g/mol. The highest BCUT2D eigenvalue weighted by molar-refractivity contribution is 7.80. The van der Waals surface area contributed by atoms with Crippen LogP contribution in [0, 0.1) is 11.8 Å². The maximum atomic E-state index is 6.04. The zero-order valence-electron chi connectivity index (χ0n) is 10.1. The Morgan fingerprint density at radius 2 is 2.24 bits per heavy atom. The van der Waals surface area contributed by atoms with Crippen molar-refractivity contribution >= 4 is 34.5 Å². The lowest BCUT2D eigenvalue weighted by molar-refractivity contribution is 0.725. The molecule has 17 heavy (non-hydrogen) atoms. The van der Waals surface area contributed by atoms with Crippen molar-refractivity contribution in [2.45, 2.75) is 13.3 Å². The first kappa shape index (κ1) is 12.7. The summed E-state index contributed by atoms with van der Waals surface area (Å²) in [5.41, 5.74) is 7.67. The molecule has 1 saturated carbocycles. The van der Waals surface area contributed by atoms with Crippen LogP contribution in [-0.2, 0) is 0 Å². The molecule has 0 aromatic heterocycles. The molecule has 2 rings (SSSR count). The summed E-state index contributed by atoms with van der Waals surface area (Å²) in [6.07, 6.45) is 1.31. The number of halogens is 1. The smallest absolute Gasteiger partial charge is 0.106 e. The fourth-order valence-electron chi connectivity index (χ4n) is 2.13. The van der Waals surface area contributed by atoms with Gasteiger partial charge in [0.15, 0.2) is 0 Å². The van der Waals surface area contributed by atoms with E-state index in [1.165, 1.54) is 6.42 Å². The minimum Gasteiger partial charge on any atom is -0.389 e. The molecule has 4 heteroatoms. The molecule has 1 fully saturated rings. The van der Waals surface area contributed by atoms with Gasteiger partial charge in [-0.1, -0.05) is 30.7 Å². The molecule has 0 aliphatic heterocycles. The monoisotopic (exact) mass is 268 g/mol. The van der Waals surface area contributed by atoms with Crippen molar-refractivity contribution < 1.29 is 0 Å². The summed E-state index contributed by atoms with van der Waals surface area (Å²) in [5.74, 6) is 1.63. The third kappa shape index (κ3) is 2.90. The standard InChI is InChI=1S/C13H17ClN2S/c1-8-5-9(8)7-16(2)12-6-10(14)3-4-11(12)13(15)17/h3-4,6,8-9H,5,7H2,1-2H3,(H2,15,17). The first-order valence-electron chi connectivity index (χ1n) is 5.79. The van der Waals surface area contributed by atoms with E-state index in [0.717, 1.165) is 34.7 Å². The summed E-state index contributed by atoms with van der Waals surface area (Å²) < 4.78 is 0. The van der Waals surface area contributed by atoms with E-state index in [1.54, 1.807) is 0 Å². The average Bonchev–Trinajstić information content (AvgIpc) is 2.93. The van der Waals surface area contributed by atoms with Crippen LogP contribution in [-0.4, -0.2) is 18.6 Å². The Kier molecular flexibility index (Phi) is 3.59. The second-order valence-corrected chi connectivity index (χ2v) is 5.76. The molecule has 0 saturated heterocycles.